The molecule has 12 heavy (non-hydrogen) atoms. The maximum Gasteiger partial charge on any atom is 0.0431 e. The Kier molecular flexibility index (Phi) is 4.62. The second kappa shape index (κ2) is 5.55. The van der Waals surface area contributed by atoms with Crippen molar-refractivity contribution in [2.45, 2.75) is 32.6 Å². The van der Waals surface area contributed by atoms with Crippen LogP contribution in [-0.4, -0.2) is 24.8 Å². The van der Waals surface area contributed by atoms with Gasteiger partial charge in [-0.25, -0.2) is 0 Å². The van der Waals surface area contributed by atoms with Gasteiger partial charge in [-0.15, -0.1) is 0 Å². The molecule has 0 aromatic carbocycles. The Morgan fingerprint density at radius 3 is 2.67 bits per heavy atom. The summed E-state index contributed by atoms with van der Waals surface area (Å²) < 4.78 is 0. The summed E-state index contributed by atoms with van der Waals surface area (Å²) >= 11 is 0. The first-order valence-electron chi connectivity index (χ1n) is 5.16. The van der Waals surface area contributed by atoms with Crippen LogP contribution < -0.4 is 5.32 Å². The molecule has 1 saturated carbocycles. The van der Waals surface area contributed by atoms with E-state index in [1.807, 2.05) is 0 Å². The van der Waals surface area contributed by atoms with Gasteiger partial charge in [-0.2, -0.15) is 0 Å². The zero-order valence-corrected chi connectivity index (χ0v) is 8.05. The molecule has 0 aromatic heterocycles. The second-order valence-electron chi connectivity index (χ2n) is 3.96. The molecule has 72 valence electrons. The van der Waals surface area contributed by atoms with Crippen molar-refractivity contribution in [3.05, 3.63) is 0 Å². The van der Waals surface area contributed by atoms with E-state index in [1.54, 1.807) is 0 Å². The van der Waals surface area contributed by atoms with Crippen LogP contribution in [0.3, 0.4) is 0 Å². The topological polar surface area (TPSA) is 32.3 Å². The van der Waals surface area contributed by atoms with Gasteiger partial charge in [0.25, 0.3) is 0 Å². The summed E-state index contributed by atoms with van der Waals surface area (Å²) in [4.78, 5) is 0. The molecule has 2 heteroatoms. The summed E-state index contributed by atoms with van der Waals surface area (Å²) in [7, 11) is 0. The molecule has 2 unspecified atom stereocenters. The van der Waals surface area contributed by atoms with Crippen molar-refractivity contribution in [1.82, 2.24) is 5.32 Å². The van der Waals surface area contributed by atoms with Crippen LogP contribution in [0.1, 0.15) is 32.6 Å². The van der Waals surface area contributed by atoms with Gasteiger partial charge >= 0.3 is 0 Å². The van der Waals surface area contributed by atoms with E-state index in [-0.39, 0.29) is 0 Å². The number of hydrogen-bond donors (Lipinski definition) is 2. The fourth-order valence-corrected chi connectivity index (χ4v) is 1.51. The van der Waals surface area contributed by atoms with E-state index in [9.17, 15) is 0 Å². The number of aliphatic hydroxyl groups is 1. The molecule has 1 aliphatic rings. The predicted molar refractivity (Wildman–Crippen MR) is 51.1 cm³/mol. The van der Waals surface area contributed by atoms with Gasteiger partial charge in [-0.1, -0.05) is 6.92 Å². The lowest BCUT2D eigenvalue weighted by Gasteiger charge is -2.02. The first-order valence-corrected chi connectivity index (χ1v) is 5.16. The molecule has 0 aromatic rings. The molecule has 2 atom stereocenters. The molecule has 0 spiro atoms. The Morgan fingerprint density at radius 1 is 1.33 bits per heavy atom. The van der Waals surface area contributed by atoms with E-state index in [0.29, 0.717) is 6.61 Å². The fraction of sp³-hybridized carbons (Fsp3) is 1.00. The van der Waals surface area contributed by atoms with E-state index in [2.05, 4.69) is 12.2 Å². The molecule has 1 rings (SSSR count). The lowest BCUT2D eigenvalue weighted by atomic mass is 10.2. The van der Waals surface area contributed by atoms with Gasteiger partial charge < -0.3 is 10.4 Å². The van der Waals surface area contributed by atoms with Crippen molar-refractivity contribution in [1.29, 1.82) is 0 Å². The number of nitrogens with one attached hydrogen (secondary N) is 1. The monoisotopic (exact) mass is 171 g/mol. The van der Waals surface area contributed by atoms with Crippen molar-refractivity contribution < 1.29 is 5.11 Å². The minimum Gasteiger partial charge on any atom is -0.396 e. The summed E-state index contributed by atoms with van der Waals surface area (Å²) in [5.41, 5.74) is 0. The van der Waals surface area contributed by atoms with Gasteiger partial charge in [-0.3, -0.25) is 0 Å². The zero-order chi connectivity index (χ0) is 8.81. The number of aliphatic hydroxyl groups excluding tert-OH is 1. The van der Waals surface area contributed by atoms with E-state index in [4.69, 9.17) is 5.11 Å². The van der Waals surface area contributed by atoms with Crippen LogP contribution in [0.15, 0.2) is 0 Å². The van der Waals surface area contributed by atoms with Crippen molar-refractivity contribution in [2.75, 3.05) is 19.7 Å². The minimum absolute atomic E-state index is 0.347. The van der Waals surface area contributed by atoms with Crippen LogP contribution in [0.5, 0.6) is 0 Å². The molecule has 0 radical (unpaired) electrons. The number of rotatable bonds is 7. The molecular formula is C10H21NO. The standard InChI is InChI=1S/C10H21NO/c1-9-7-10(9)8-11-5-3-2-4-6-12/h9-12H,2-8H2,1H3. The van der Waals surface area contributed by atoms with E-state index in [0.717, 1.165) is 31.2 Å². The van der Waals surface area contributed by atoms with E-state index in [1.165, 1.54) is 19.4 Å². The van der Waals surface area contributed by atoms with Crippen LogP contribution in [0, 0.1) is 11.8 Å². The molecule has 0 saturated heterocycles. The molecule has 1 aliphatic carbocycles. The van der Waals surface area contributed by atoms with Gasteiger partial charge in [0.05, 0.1) is 0 Å². The third-order valence-corrected chi connectivity index (χ3v) is 2.69. The average molecular weight is 171 g/mol. The van der Waals surface area contributed by atoms with Crippen molar-refractivity contribution >= 4 is 0 Å². The Morgan fingerprint density at radius 2 is 2.08 bits per heavy atom. The van der Waals surface area contributed by atoms with Gasteiger partial charge in [-0.05, 0) is 50.6 Å². The highest BCUT2D eigenvalue weighted by molar-refractivity contribution is 4.83. The first kappa shape index (κ1) is 10.0. The number of hydrogen-bond acceptors (Lipinski definition) is 2. The second-order valence-corrected chi connectivity index (χ2v) is 3.96. The van der Waals surface area contributed by atoms with Gasteiger partial charge in [0.1, 0.15) is 0 Å². The average Bonchev–Trinajstić information content (AvgIpc) is 2.74. The van der Waals surface area contributed by atoms with Crippen LogP contribution in [0.2, 0.25) is 0 Å². The largest absolute Gasteiger partial charge is 0.396 e. The molecule has 0 heterocycles. The van der Waals surface area contributed by atoms with Crippen molar-refractivity contribution in [2.24, 2.45) is 11.8 Å². The summed E-state index contributed by atoms with van der Waals surface area (Å²) in [6.07, 6.45) is 4.75. The summed E-state index contributed by atoms with van der Waals surface area (Å²) in [5.74, 6) is 1.93. The van der Waals surface area contributed by atoms with Crippen LogP contribution >= 0.6 is 0 Å². The maximum absolute atomic E-state index is 8.54. The van der Waals surface area contributed by atoms with E-state index < -0.39 is 0 Å². The van der Waals surface area contributed by atoms with Gasteiger partial charge in [0, 0.05) is 6.61 Å². The number of unbranched alkanes of at least 4 members (excludes halogenated alkanes) is 2. The van der Waals surface area contributed by atoms with Gasteiger partial charge in [0.2, 0.25) is 0 Å². The Hall–Kier alpha value is -0.0800. The SMILES string of the molecule is CC1CC1CNCCCCCO. The molecule has 2 nitrogen and oxygen atoms in total. The molecule has 0 aliphatic heterocycles. The summed E-state index contributed by atoms with van der Waals surface area (Å²) in [5, 5.41) is 12.0. The van der Waals surface area contributed by atoms with Crippen molar-refractivity contribution in [3.8, 4) is 0 Å². The lowest BCUT2D eigenvalue weighted by Crippen LogP contribution is -2.18. The smallest absolute Gasteiger partial charge is 0.0431 e. The fourth-order valence-electron chi connectivity index (χ4n) is 1.51. The third kappa shape index (κ3) is 4.07. The molecule has 2 N–H and O–H groups in total. The molecule has 0 amide bonds. The highest BCUT2D eigenvalue weighted by Gasteiger charge is 2.31. The quantitative estimate of drug-likeness (QED) is 0.567. The van der Waals surface area contributed by atoms with E-state index >= 15 is 0 Å². The van der Waals surface area contributed by atoms with Crippen LogP contribution in [-0.2, 0) is 0 Å². The molecule has 1 fully saturated rings. The third-order valence-electron chi connectivity index (χ3n) is 2.69. The first-order chi connectivity index (χ1) is 5.84. The van der Waals surface area contributed by atoms with Crippen LogP contribution in [0.25, 0.3) is 0 Å². The summed E-state index contributed by atoms with van der Waals surface area (Å²) in [6, 6.07) is 0. The zero-order valence-electron chi connectivity index (χ0n) is 8.05. The van der Waals surface area contributed by atoms with Crippen LogP contribution in [0.4, 0.5) is 0 Å². The maximum atomic E-state index is 8.54. The molecular weight excluding hydrogens is 150 g/mol. The Bertz CT molecular complexity index is 116. The molecule has 0 bridgehead atoms. The highest BCUT2D eigenvalue weighted by Crippen LogP contribution is 2.36. The predicted octanol–water partition coefficient (Wildman–Crippen LogP) is 1.39. The Balaban J connectivity index is 1.72. The van der Waals surface area contributed by atoms with Gasteiger partial charge in [0.15, 0.2) is 0 Å². The Labute approximate surface area is 75.4 Å². The normalized spacial score (nSPS) is 27.5. The minimum atomic E-state index is 0.347. The summed E-state index contributed by atoms with van der Waals surface area (Å²) in [6.45, 7) is 5.00. The lowest BCUT2D eigenvalue weighted by molar-refractivity contribution is 0.283. The van der Waals surface area contributed by atoms with Crippen molar-refractivity contribution in [3.63, 3.8) is 0 Å². The highest BCUT2D eigenvalue weighted by atomic mass is 16.2.